The van der Waals surface area contributed by atoms with E-state index in [1.807, 2.05) is 0 Å². The minimum Gasteiger partial charge on any atom is -0.383 e. The minimum absolute atomic E-state index is 0.146. The first-order valence-corrected chi connectivity index (χ1v) is 7.32. The van der Waals surface area contributed by atoms with Crippen LogP contribution in [0.3, 0.4) is 0 Å². The van der Waals surface area contributed by atoms with E-state index in [0.29, 0.717) is 0 Å². The molecule has 0 fully saturated rings. The van der Waals surface area contributed by atoms with E-state index in [1.54, 1.807) is 23.9 Å². The lowest BCUT2D eigenvalue weighted by atomic mass is 10.3. The molecule has 3 nitrogen and oxygen atoms in total. The molecule has 0 aliphatic carbocycles. The van der Waals surface area contributed by atoms with E-state index in [2.05, 4.69) is 5.32 Å². The smallest absolute Gasteiger partial charge is 0.261 e. The molecule has 1 aromatic carbocycles. The highest BCUT2D eigenvalue weighted by atomic mass is 35.7. The van der Waals surface area contributed by atoms with Crippen LogP contribution in [-0.2, 0) is 9.05 Å². The lowest BCUT2D eigenvalue weighted by Crippen LogP contribution is -2.10. The van der Waals surface area contributed by atoms with Crippen molar-refractivity contribution in [3.8, 4) is 0 Å². The normalized spacial score (nSPS) is 15.8. The first-order chi connectivity index (χ1) is 6.57. The Morgan fingerprint density at radius 2 is 2.21 bits per heavy atom. The van der Waals surface area contributed by atoms with Crippen molar-refractivity contribution in [2.75, 3.05) is 17.6 Å². The van der Waals surface area contributed by atoms with Crippen LogP contribution < -0.4 is 5.32 Å². The highest BCUT2D eigenvalue weighted by Crippen LogP contribution is 2.33. The van der Waals surface area contributed by atoms with Gasteiger partial charge in [-0.05, 0) is 18.2 Å². The van der Waals surface area contributed by atoms with E-state index < -0.39 is 9.05 Å². The van der Waals surface area contributed by atoms with Crippen LogP contribution in [0.5, 0.6) is 0 Å². The van der Waals surface area contributed by atoms with Crippen molar-refractivity contribution in [2.24, 2.45) is 0 Å². The molecule has 0 amide bonds. The van der Waals surface area contributed by atoms with Gasteiger partial charge in [0.25, 0.3) is 9.05 Å². The lowest BCUT2D eigenvalue weighted by Gasteiger charge is -2.17. The average Bonchev–Trinajstić information content (AvgIpc) is 2.16. The summed E-state index contributed by atoms with van der Waals surface area (Å²) in [5, 5.41) is 3.13. The Morgan fingerprint density at radius 3 is 2.93 bits per heavy atom. The molecule has 0 atom stereocenters. The Morgan fingerprint density at radius 1 is 1.43 bits per heavy atom. The summed E-state index contributed by atoms with van der Waals surface area (Å²) >= 11 is 1.71. The number of anilines is 1. The molecule has 14 heavy (non-hydrogen) atoms. The molecule has 0 bridgehead atoms. The number of hydrogen-bond acceptors (Lipinski definition) is 4. The van der Waals surface area contributed by atoms with Crippen molar-refractivity contribution in [1.82, 2.24) is 0 Å². The highest BCUT2D eigenvalue weighted by molar-refractivity contribution is 8.13. The molecular formula is C8H8ClNO2S2. The van der Waals surface area contributed by atoms with E-state index in [1.165, 1.54) is 6.07 Å². The maximum Gasteiger partial charge on any atom is 0.261 e. The summed E-state index contributed by atoms with van der Waals surface area (Å²) in [5.74, 6) is 1.000. The first kappa shape index (κ1) is 10.1. The van der Waals surface area contributed by atoms with E-state index >= 15 is 0 Å². The first-order valence-electron chi connectivity index (χ1n) is 4.03. The summed E-state index contributed by atoms with van der Waals surface area (Å²) in [5.41, 5.74) is 0.850. The molecule has 1 aliphatic heterocycles. The fourth-order valence-corrected chi connectivity index (χ4v) is 2.92. The van der Waals surface area contributed by atoms with Crippen molar-refractivity contribution in [3.63, 3.8) is 0 Å². The molecule has 0 saturated heterocycles. The zero-order valence-corrected chi connectivity index (χ0v) is 9.55. The topological polar surface area (TPSA) is 46.2 Å². The predicted molar refractivity (Wildman–Crippen MR) is 58.7 cm³/mol. The average molecular weight is 250 g/mol. The molecule has 1 N–H and O–H groups in total. The SMILES string of the molecule is O=S(=O)(Cl)c1ccc2c(c1)NCCS2. The third-order valence-corrected chi connectivity index (χ3v) is 4.33. The molecule has 1 heterocycles. The largest absolute Gasteiger partial charge is 0.383 e. The minimum atomic E-state index is -3.61. The van der Waals surface area contributed by atoms with Gasteiger partial charge in [-0.1, -0.05) is 0 Å². The van der Waals surface area contributed by atoms with Gasteiger partial charge in [0.15, 0.2) is 0 Å². The summed E-state index contributed by atoms with van der Waals surface area (Å²) in [7, 11) is 1.63. The van der Waals surface area contributed by atoms with E-state index in [0.717, 1.165) is 22.9 Å². The summed E-state index contributed by atoms with van der Waals surface area (Å²) in [6.45, 7) is 0.851. The van der Waals surface area contributed by atoms with Crippen LogP contribution in [0.15, 0.2) is 28.0 Å². The summed E-state index contributed by atoms with van der Waals surface area (Å²) in [4.78, 5) is 1.22. The third-order valence-electron chi connectivity index (χ3n) is 1.91. The van der Waals surface area contributed by atoms with Gasteiger partial charge >= 0.3 is 0 Å². The Kier molecular flexibility index (Phi) is 2.64. The van der Waals surface area contributed by atoms with Gasteiger partial charge in [0.1, 0.15) is 0 Å². The van der Waals surface area contributed by atoms with Crippen LogP contribution in [-0.4, -0.2) is 20.7 Å². The van der Waals surface area contributed by atoms with Crippen molar-refractivity contribution < 1.29 is 8.42 Å². The second-order valence-electron chi connectivity index (χ2n) is 2.87. The van der Waals surface area contributed by atoms with Crippen LogP contribution in [0.2, 0.25) is 0 Å². The van der Waals surface area contributed by atoms with Crippen molar-refractivity contribution in [2.45, 2.75) is 9.79 Å². The standard InChI is InChI=1S/C8H8ClNO2S2/c9-14(11,12)6-1-2-8-7(5-6)10-3-4-13-8/h1-2,5,10H,3-4H2. The van der Waals surface area contributed by atoms with Crippen LogP contribution in [0, 0.1) is 0 Å². The molecule has 1 aromatic rings. The number of hydrogen-bond donors (Lipinski definition) is 1. The summed E-state index contributed by atoms with van der Waals surface area (Å²) in [6.07, 6.45) is 0. The number of fused-ring (bicyclic) bond motifs is 1. The van der Waals surface area contributed by atoms with Gasteiger partial charge in [-0.2, -0.15) is 0 Å². The van der Waals surface area contributed by atoms with Gasteiger partial charge in [0, 0.05) is 33.6 Å². The second-order valence-corrected chi connectivity index (χ2v) is 6.57. The van der Waals surface area contributed by atoms with Gasteiger partial charge in [-0.15, -0.1) is 11.8 Å². The van der Waals surface area contributed by atoms with E-state index in [4.69, 9.17) is 10.7 Å². The van der Waals surface area contributed by atoms with Gasteiger partial charge in [0.2, 0.25) is 0 Å². The highest BCUT2D eigenvalue weighted by Gasteiger charge is 2.15. The molecule has 2 rings (SSSR count). The van der Waals surface area contributed by atoms with Crippen molar-refractivity contribution >= 4 is 37.2 Å². The van der Waals surface area contributed by atoms with Crippen molar-refractivity contribution in [1.29, 1.82) is 0 Å². The second kappa shape index (κ2) is 3.64. The molecular weight excluding hydrogens is 242 g/mol. The number of nitrogens with one attached hydrogen (secondary N) is 1. The van der Waals surface area contributed by atoms with Gasteiger partial charge < -0.3 is 5.32 Å². The molecule has 0 unspecified atom stereocenters. The number of thioether (sulfide) groups is 1. The number of benzene rings is 1. The third kappa shape index (κ3) is 1.99. The number of halogens is 1. The maximum absolute atomic E-state index is 11.0. The Balaban J connectivity index is 2.49. The monoisotopic (exact) mass is 249 g/mol. The summed E-state index contributed by atoms with van der Waals surface area (Å²) in [6, 6.07) is 4.88. The molecule has 0 saturated carbocycles. The van der Waals surface area contributed by atoms with Crippen molar-refractivity contribution in [3.05, 3.63) is 18.2 Å². The van der Waals surface area contributed by atoms with Gasteiger partial charge in [-0.25, -0.2) is 8.42 Å². The number of rotatable bonds is 1. The Bertz CT molecular complexity index is 458. The van der Waals surface area contributed by atoms with Crippen LogP contribution in [0.25, 0.3) is 0 Å². The zero-order chi connectivity index (χ0) is 10.2. The molecule has 0 radical (unpaired) electrons. The van der Waals surface area contributed by atoms with Crippen LogP contribution >= 0.6 is 22.4 Å². The zero-order valence-electron chi connectivity index (χ0n) is 7.16. The fraction of sp³-hybridized carbons (Fsp3) is 0.250. The maximum atomic E-state index is 11.0. The van der Waals surface area contributed by atoms with E-state index in [9.17, 15) is 8.42 Å². The van der Waals surface area contributed by atoms with Gasteiger partial charge in [0.05, 0.1) is 4.90 Å². The Labute approximate surface area is 91.3 Å². The molecule has 1 aliphatic rings. The quantitative estimate of drug-likeness (QED) is 0.775. The predicted octanol–water partition coefficient (Wildman–Crippen LogP) is 2.13. The molecule has 0 aromatic heterocycles. The van der Waals surface area contributed by atoms with Crippen LogP contribution in [0.1, 0.15) is 0 Å². The van der Waals surface area contributed by atoms with Gasteiger partial charge in [-0.3, -0.25) is 0 Å². The molecule has 6 heteroatoms. The fourth-order valence-electron chi connectivity index (χ4n) is 1.27. The Hall–Kier alpha value is -0.390. The summed E-state index contributed by atoms with van der Waals surface area (Å²) < 4.78 is 22.1. The molecule has 0 spiro atoms. The molecule has 76 valence electrons. The lowest BCUT2D eigenvalue weighted by molar-refractivity contribution is 0.609. The van der Waals surface area contributed by atoms with E-state index in [-0.39, 0.29) is 4.90 Å². The van der Waals surface area contributed by atoms with Crippen LogP contribution in [0.4, 0.5) is 5.69 Å².